The minimum atomic E-state index is -0.524. The summed E-state index contributed by atoms with van der Waals surface area (Å²) in [7, 11) is 1.30. The number of esters is 1. The van der Waals surface area contributed by atoms with Gasteiger partial charge in [-0.25, -0.2) is 0 Å². The van der Waals surface area contributed by atoms with Gasteiger partial charge in [-0.1, -0.05) is 18.2 Å². The molecule has 9 nitrogen and oxygen atoms in total. The Balaban J connectivity index is 1.52. The lowest BCUT2D eigenvalue weighted by Gasteiger charge is -2.27. The van der Waals surface area contributed by atoms with Crippen molar-refractivity contribution in [2.75, 3.05) is 38.3 Å². The molecule has 3 aromatic rings. The Morgan fingerprint density at radius 1 is 1.00 bits per heavy atom. The third-order valence-corrected chi connectivity index (χ3v) is 7.58. The van der Waals surface area contributed by atoms with Gasteiger partial charge in [0, 0.05) is 35.8 Å². The number of carbonyl (C=O) groups is 3. The van der Waals surface area contributed by atoms with Gasteiger partial charge in [0.05, 0.1) is 19.4 Å². The number of amides is 2. The fourth-order valence-corrected chi connectivity index (χ4v) is 5.52. The molecule has 2 amide bonds. The van der Waals surface area contributed by atoms with Gasteiger partial charge < -0.3 is 23.8 Å². The minimum Gasteiger partial charge on any atom is -0.494 e. The number of hydrogen-bond acceptors (Lipinski definition) is 6. The number of likely N-dealkylation sites (tertiary alicyclic amines) is 1. The summed E-state index contributed by atoms with van der Waals surface area (Å²) >= 11 is 5.69. The number of carbonyl (C=O) groups excluding carboxylic acids is 3. The predicted molar refractivity (Wildman–Crippen MR) is 157 cm³/mol. The van der Waals surface area contributed by atoms with Crippen LogP contribution in [0.4, 0.5) is 5.69 Å². The molecule has 1 aromatic heterocycles. The summed E-state index contributed by atoms with van der Waals surface area (Å²) in [5.41, 5.74) is 2.44. The Bertz CT molecular complexity index is 1470. The van der Waals surface area contributed by atoms with E-state index in [1.165, 1.54) is 16.9 Å². The molecular weight excluding hydrogens is 528 g/mol. The van der Waals surface area contributed by atoms with Crippen LogP contribution in [-0.2, 0) is 25.7 Å². The van der Waals surface area contributed by atoms with Crippen molar-refractivity contribution in [3.63, 3.8) is 0 Å². The molecule has 3 heterocycles. The number of methoxy groups -OCH3 is 1. The van der Waals surface area contributed by atoms with E-state index in [2.05, 4.69) is 0 Å². The number of para-hydroxylation sites is 1. The number of nitrogens with zero attached hydrogens (tertiary/aromatic N) is 4. The Kier molecular flexibility index (Phi) is 8.16. The van der Waals surface area contributed by atoms with E-state index in [4.69, 9.17) is 21.7 Å². The fourth-order valence-electron chi connectivity index (χ4n) is 5.17. The summed E-state index contributed by atoms with van der Waals surface area (Å²) in [6, 6.07) is 14.8. The van der Waals surface area contributed by atoms with Crippen LogP contribution in [0.3, 0.4) is 0 Å². The van der Waals surface area contributed by atoms with Crippen molar-refractivity contribution in [3.05, 3.63) is 66.0 Å². The maximum Gasteiger partial charge on any atom is 0.325 e. The highest BCUT2D eigenvalue weighted by molar-refractivity contribution is 7.80. The van der Waals surface area contributed by atoms with E-state index < -0.39 is 5.97 Å². The third kappa shape index (κ3) is 5.44. The highest BCUT2D eigenvalue weighted by atomic mass is 32.1. The number of ether oxygens (including phenoxy) is 2. The lowest BCUT2D eigenvalue weighted by atomic mass is 10.1. The SMILES string of the molecule is CCOc1ccc(N2C(=O)/C(=C/c3cn(CC(=O)N4CCCCC4)c4ccccc34)N(CC(=O)OC)C2=S)cc1. The van der Waals surface area contributed by atoms with Crippen LogP contribution in [-0.4, -0.2) is 70.6 Å². The summed E-state index contributed by atoms with van der Waals surface area (Å²) < 4.78 is 12.3. The zero-order chi connectivity index (χ0) is 28.2. The maximum absolute atomic E-state index is 13.8. The molecule has 208 valence electrons. The average molecular weight is 561 g/mol. The molecule has 40 heavy (non-hydrogen) atoms. The summed E-state index contributed by atoms with van der Waals surface area (Å²) in [6.45, 7) is 3.98. The van der Waals surface area contributed by atoms with Crippen molar-refractivity contribution in [1.29, 1.82) is 0 Å². The molecule has 0 saturated carbocycles. The molecule has 2 aliphatic heterocycles. The number of anilines is 1. The summed E-state index contributed by atoms with van der Waals surface area (Å²) in [4.78, 5) is 44.0. The van der Waals surface area contributed by atoms with Crippen molar-refractivity contribution >= 4 is 57.8 Å². The highest BCUT2D eigenvalue weighted by Gasteiger charge is 2.40. The van der Waals surface area contributed by atoms with Crippen molar-refractivity contribution in [3.8, 4) is 5.75 Å². The highest BCUT2D eigenvalue weighted by Crippen LogP contribution is 2.32. The van der Waals surface area contributed by atoms with Gasteiger partial charge in [-0.15, -0.1) is 0 Å². The molecule has 0 radical (unpaired) electrons. The molecule has 0 aliphatic carbocycles. The van der Waals surface area contributed by atoms with E-state index in [-0.39, 0.29) is 35.7 Å². The average Bonchev–Trinajstić information content (AvgIpc) is 3.43. The molecule has 0 spiro atoms. The number of piperidine rings is 1. The summed E-state index contributed by atoms with van der Waals surface area (Å²) in [5.74, 6) is -0.131. The van der Waals surface area contributed by atoms with E-state index in [1.807, 2.05) is 46.9 Å². The fraction of sp³-hybridized carbons (Fsp3) is 0.333. The lowest BCUT2D eigenvalue weighted by molar-refractivity contribution is -0.140. The van der Waals surface area contributed by atoms with Crippen LogP contribution in [0.5, 0.6) is 5.75 Å². The van der Waals surface area contributed by atoms with Gasteiger partial charge in [-0.3, -0.25) is 19.3 Å². The Labute approximate surface area is 238 Å². The predicted octanol–water partition coefficient (Wildman–Crippen LogP) is 4.20. The van der Waals surface area contributed by atoms with Gasteiger partial charge in [0.25, 0.3) is 5.91 Å². The van der Waals surface area contributed by atoms with Gasteiger partial charge in [0.15, 0.2) is 5.11 Å². The lowest BCUT2D eigenvalue weighted by Crippen LogP contribution is -2.37. The molecule has 0 N–H and O–H groups in total. The smallest absolute Gasteiger partial charge is 0.325 e. The van der Waals surface area contributed by atoms with Gasteiger partial charge >= 0.3 is 5.97 Å². The number of thiocarbonyl (C=S) groups is 1. The van der Waals surface area contributed by atoms with Crippen LogP contribution in [0.1, 0.15) is 31.7 Å². The zero-order valence-electron chi connectivity index (χ0n) is 22.7. The number of rotatable bonds is 8. The Morgan fingerprint density at radius 3 is 2.42 bits per heavy atom. The molecular formula is C30H32N4O5S. The second-order valence-electron chi connectivity index (χ2n) is 9.71. The quantitative estimate of drug-likeness (QED) is 0.232. The van der Waals surface area contributed by atoms with Gasteiger partial charge in [-0.2, -0.15) is 0 Å². The second-order valence-corrected chi connectivity index (χ2v) is 10.1. The van der Waals surface area contributed by atoms with Crippen LogP contribution < -0.4 is 9.64 Å². The van der Waals surface area contributed by atoms with E-state index in [1.54, 1.807) is 30.3 Å². The second kappa shape index (κ2) is 11.9. The largest absolute Gasteiger partial charge is 0.494 e. The van der Waals surface area contributed by atoms with E-state index >= 15 is 0 Å². The molecule has 2 aromatic carbocycles. The first-order valence-corrected chi connectivity index (χ1v) is 13.8. The molecule has 2 fully saturated rings. The molecule has 10 heteroatoms. The molecule has 2 saturated heterocycles. The summed E-state index contributed by atoms with van der Waals surface area (Å²) in [5, 5.41) is 1.06. The van der Waals surface area contributed by atoms with Crippen LogP contribution in [0.15, 0.2) is 60.4 Å². The van der Waals surface area contributed by atoms with E-state index in [0.29, 0.717) is 18.0 Å². The van der Waals surface area contributed by atoms with Crippen LogP contribution in [0.25, 0.3) is 17.0 Å². The molecule has 0 bridgehead atoms. The first-order chi connectivity index (χ1) is 19.4. The van der Waals surface area contributed by atoms with E-state index in [9.17, 15) is 14.4 Å². The summed E-state index contributed by atoms with van der Waals surface area (Å²) in [6.07, 6.45) is 6.82. The first-order valence-electron chi connectivity index (χ1n) is 13.4. The Morgan fingerprint density at radius 2 is 1.73 bits per heavy atom. The number of aromatic nitrogens is 1. The van der Waals surface area contributed by atoms with Crippen molar-refractivity contribution in [1.82, 2.24) is 14.4 Å². The third-order valence-electron chi connectivity index (χ3n) is 7.18. The molecule has 0 atom stereocenters. The van der Waals surface area contributed by atoms with Crippen molar-refractivity contribution < 1.29 is 23.9 Å². The Hall–Kier alpha value is -4.18. The van der Waals surface area contributed by atoms with Crippen molar-refractivity contribution in [2.45, 2.75) is 32.7 Å². The number of fused-ring (bicyclic) bond motifs is 1. The van der Waals surface area contributed by atoms with Crippen LogP contribution in [0, 0.1) is 0 Å². The standard InChI is InChI=1S/C30H32N4O5S/c1-3-39-23-13-11-22(12-14-23)34-29(37)26(33(30(34)40)20-28(36)38-2)17-21-18-32(25-10-6-5-9-24(21)25)19-27(35)31-15-7-4-8-16-31/h5-6,9-14,17-18H,3-4,7-8,15-16,19-20H2,1-2H3/b26-17-. The minimum absolute atomic E-state index is 0.0757. The topological polar surface area (TPSA) is 84.3 Å². The zero-order valence-corrected chi connectivity index (χ0v) is 23.5. The monoisotopic (exact) mass is 560 g/mol. The first kappa shape index (κ1) is 27.4. The van der Waals surface area contributed by atoms with Crippen LogP contribution >= 0.6 is 12.2 Å². The molecule has 0 unspecified atom stereocenters. The van der Waals surface area contributed by atoms with Crippen LogP contribution in [0.2, 0.25) is 0 Å². The van der Waals surface area contributed by atoms with Gasteiger partial charge in [-0.05, 0) is 74.8 Å². The van der Waals surface area contributed by atoms with Gasteiger partial charge in [0.1, 0.15) is 24.5 Å². The van der Waals surface area contributed by atoms with E-state index in [0.717, 1.165) is 48.8 Å². The van der Waals surface area contributed by atoms with Gasteiger partial charge in [0.2, 0.25) is 5.91 Å². The number of hydrogen-bond donors (Lipinski definition) is 0. The molecule has 5 rings (SSSR count). The normalized spacial score (nSPS) is 16.8. The molecule has 2 aliphatic rings. The number of benzene rings is 2. The maximum atomic E-state index is 13.8. The van der Waals surface area contributed by atoms with Crippen molar-refractivity contribution in [2.24, 2.45) is 0 Å².